The van der Waals surface area contributed by atoms with Crippen molar-refractivity contribution in [1.29, 1.82) is 0 Å². The number of nitro benzene ring substituents is 1. The smallest absolute Gasteiger partial charge is 0.282 e. The zero-order valence-electron chi connectivity index (χ0n) is 12.1. The fourth-order valence-corrected chi connectivity index (χ4v) is 2.95. The number of ketones is 1. The van der Waals surface area contributed by atoms with Gasteiger partial charge in [-0.25, -0.2) is 0 Å². The van der Waals surface area contributed by atoms with Gasteiger partial charge >= 0.3 is 0 Å². The molecule has 1 N–H and O–H groups in total. The van der Waals surface area contributed by atoms with Crippen molar-refractivity contribution in [2.24, 2.45) is 0 Å². The van der Waals surface area contributed by atoms with Crippen molar-refractivity contribution in [3.8, 4) is 0 Å². The lowest BCUT2D eigenvalue weighted by molar-refractivity contribution is -0.385. The fourth-order valence-electron chi connectivity index (χ4n) is 2.95. The molecular weight excluding hydrogens is 272 g/mol. The molecule has 1 aliphatic heterocycles. The first kappa shape index (κ1) is 15.4. The van der Waals surface area contributed by atoms with Crippen molar-refractivity contribution in [2.45, 2.75) is 38.6 Å². The molecule has 0 aliphatic carbocycles. The van der Waals surface area contributed by atoms with E-state index in [-0.39, 0.29) is 23.6 Å². The highest BCUT2D eigenvalue weighted by Gasteiger charge is 2.27. The summed E-state index contributed by atoms with van der Waals surface area (Å²) in [5.74, 6) is -0.300. The van der Waals surface area contributed by atoms with Crippen LogP contribution in [0.5, 0.6) is 0 Å². The summed E-state index contributed by atoms with van der Waals surface area (Å²) in [6.45, 7) is 2.35. The van der Waals surface area contributed by atoms with E-state index in [4.69, 9.17) is 5.11 Å². The maximum atomic E-state index is 11.5. The third-order valence-corrected chi connectivity index (χ3v) is 3.96. The Labute approximate surface area is 123 Å². The van der Waals surface area contributed by atoms with Crippen LogP contribution in [-0.4, -0.2) is 35.0 Å². The molecule has 1 atom stereocenters. The summed E-state index contributed by atoms with van der Waals surface area (Å²) >= 11 is 0. The Bertz CT molecular complexity index is 544. The number of carbonyl (C=O) groups excluding carboxylic acids is 1. The van der Waals surface area contributed by atoms with Gasteiger partial charge in [0, 0.05) is 30.9 Å². The number of rotatable bonds is 6. The quantitative estimate of drug-likeness (QED) is 0.495. The number of aliphatic hydroxyl groups is 1. The van der Waals surface area contributed by atoms with Crippen molar-refractivity contribution in [3.05, 3.63) is 33.9 Å². The number of aliphatic hydroxyl groups excluding tert-OH is 1. The van der Waals surface area contributed by atoms with Gasteiger partial charge in [0.2, 0.25) is 0 Å². The Balaban J connectivity index is 2.29. The fraction of sp³-hybridized carbons (Fsp3) is 0.533. The molecular formula is C15H20N2O4. The maximum Gasteiger partial charge on any atom is 0.282 e. The van der Waals surface area contributed by atoms with E-state index in [1.54, 1.807) is 6.07 Å². The zero-order chi connectivity index (χ0) is 15.4. The van der Waals surface area contributed by atoms with Gasteiger partial charge in [-0.3, -0.25) is 14.9 Å². The van der Waals surface area contributed by atoms with E-state index in [0.717, 1.165) is 37.9 Å². The van der Waals surface area contributed by atoms with Crippen LogP contribution in [0.1, 0.15) is 43.0 Å². The van der Waals surface area contributed by atoms with Crippen LogP contribution >= 0.6 is 0 Å². The summed E-state index contributed by atoms with van der Waals surface area (Å²) in [6, 6.07) is 5.12. The van der Waals surface area contributed by atoms with Gasteiger partial charge in [-0.2, -0.15) is 0 Å². The number of Topliss-reactive ketones (excluding diaryl/α,β-unsaturated/α-hetero) is 1. The van der Waals surface area contributed by atoms with E-state index in [2.05, 4.69) is 4.90 Å². The predicted molar refractivity (Wildman–Crippen MR) is 79.8 cm³/mol. The molecule has 0 spiro atoms. The lowest BCUT2D eigenvalue weighted by atomic mass is 10.1. The number of benzene rings is 1. The second kappa shape index (κ2) is 6.67. The van der Waals surface area contributed by atoms with Crippen molar-refractivity contribution in [2.75, 3.05) is 18.1 Å². The Kier molecular flexibility index (Phi) is 4.90. The van der Waals surface area contributed by atoms with Gasteiger partial charge in [-0.1, -0.05) is 0 Å². The Morgan fingerprint density at radius 2 is 2.29 bits per heavy atom. The molecule has 1 fully saturated rings. The SMILES string of the molecule is CC(=O)c1ccc(N2CCCC2CCCO)cc1[N+](=O)[O-]. The van der Waals surface area contributed by atoms with Crippen LogP contribution in [0.4, 0.5) is 11.4 Å². The predicted octanol–water partition coefficient (Wildman–Crippen LogP) is 2.54. The van der Waals surface area contributed by atoms with Gasteiger partial charge in [0.1, 0.15) is 0 Å². The normalized spacial score (nSPS) is 18.0. The minimum atomic E-state index is -0.501. The third kappa shape index (κ3) is 3.39. The largest absolute Gasteiger partial charge is 0.396 e. The van der Waals surface area contributed by atoms with Crippen LogP contribution in [0, 0.1) is 10.1 Å². The van der Waals surface area contributed by atoms with Crippen molar-refractivity contribution in [1.82, 2.24) is 0 Å². The van der Waals surface area contributed by atoms with E-state index in [1.165, 1.54) is 19.1 Å². The molecule has 1 aliphatic rings. The lowest BCUT2D eigenvalue weighted by Crippen LogP contribution is -2.29. The molecule has 0 saturated carbocycles. The van der Waals surface area contributed by atoms with Crippen molar-refractivity contribution in [3.63, 3.8) is 0 Å². The Morgan fingerprint density at radius 1 is 1.52 bits per heavy atom. The minimum absolute atomic E-state index is 0.132. The maximum absolute atomic E-state index is 11.5. The number of anilines is 1. The van der Waals surface area contributed by atoms with E-state index < -0.39 is 4.92 Å². The number of carbonyl (C=O) groups is 1. The minimum Gasteiger partial charge on any atom is -0.396 e. The molecule has 1 aromatic carbocycles. The Hall–Kier alpha value is -1.95. The van der Waals surface area contributed by atoms with E-state index in [0.29, 0.717) is 6.04 Å². The number of hydrogen-bond donors (Lipinski definition) is 1. The van der Waals surface area contributed by atoms with Gasteiger partial charge in [0.15, 0.2) is 5.78 Å². The molecule has 0 bridgehead atoms. The van der Waals surface area contributed by atoms with Crippen LogP contribution in [0.15, 0.2) is 18.2 Å². The second-order valence-corrected chi connectivity index (χ2v) is 5.37. The van der Waals surface area contributed by atoms with Crippen LogP contribution in [-0.2, 0) is 0 Å². The summed E-state index contributed by atoms with van der Waals surface area (Å²) in [6.07, 6.45) is 3.67. The summed E-state index contributed by atoms with van der Waals surface area (Å²) in [5.41, 5.74) is 0.801. The molecule has 1 aromatic rings. The first-order chi connectivity index (χ1) is 10.0. The zero-order valence-corrected chi connectivity index (χ0v) is 12.1. The molecule has 114 valence electrons. The highest BCUT2D eigenvalue weighted by molar-refractivity contribution is 5.98. The standard InChI is InChI=1S/C15H20N2O4/c1-11(19)14-7-6-13(10-15(14)17(20)21)16-8-2-4-12(16)5-3-9-18/h6-7,10,12,18H,2-5,8-9H2,1H3. The molecule has 21 heavy (non-hydrogen) atoms. The molecule has 0 aromatic heterocycles. The van der Waals surface area contributed by atoms with Gasteiger partial charge < -0.3 is 10.0 Å². The van der Waals surface area contributed by atoms with Crippen LogP contribution in [0.3, 0.4) is 0 Å². The van der Waals surface area contributed by atoms with Gasteiger partial charge in [0.05, 0.1) is 10.5 Å². The molecule has 6 heteroatoms. The summed E-state index contributed by atoms with van der Waals surface area (Å²) in [5, 5.41) is 20.1. The number of nitrogens with zero attached hydrogens (tertiary/aromatic N) is 2. The van der Waals surface area contributed by atoms with Crippen LogP contribution in [0.25, 0.3) is 0 Å². The highest BCUT2D eigenvalue weighted by atomic mass is 16.6. The van der Waals surface area contributed by atoms with Gasteiger partial charge in [-0.15, -0.1) is 0 Å². The molecule has 2 rings (SSSR count). The van der Waals surface area contributed by atoms with Gasteiger partial charge in [-0.05, 0) is 44.7 Å². The van der Waals surface area contributed by atoms with E-state index >= 15 is 0 Å². The third-order valence-electron chi connectivity index (χ3n) is 3.96. The summed E-state index contributed by atoms with van der Waals surface area (Å²) in [7, 11) is 0. The molecule has 1 saturated heterocycles. The van der Waals surface area contributed by atoms with E-state index in [1.807, 2.05) is 0 Å². The number of nitro groups is 1. The van der Waals surface area contributed by atoms with Crippen molar-refractivity contribution < 1.29 is 14.8 Å². The average Bonchev–Trinajstić information content (AvgIpc) is 2.92. The lowest BCUT2D eigenvalue weighted by Gasteiger charge is -2.26. The summed E-state index contributed by atoms with van der Waals surface area (Å²) in [4.78, 5) is 24.3. The van der Waals surface area contributed by atoms with Crippen LogP contribution in [0.2, 0.25) is 0 Å². The molecule has 0 radical (unpaired) electrons. The van der Waals surface area contributed by atoms with E-state index in [9.17, 15) is 14.9 Å². The molecule has 1 heterocycles. The first-order valence-corrected chi connectivity index (χ1v) is 7.21. The molecule has 6 nitrogen and oxygen atoms in total. The molecule has 1 unspecified atom stereocenters. The topological polar surface area (TPSA) is 83.7 Å². The Morgan fingerprint density at radius 3 is 2.90 bits per heavy atom. The van der Waals surface area contributed by atoms with Crippen LogP contribution < -0.4 is 4.90 Å². The number of hydrogen-bond acceptors (Lipinski definition) is 5. The van der Waals surface area contributed by atoms with Crippen molar-refractivity contribution >= 4 is 17.2 Å². The second-order valence-electron chi connectivity index (χ2n) is 5.37. The first-order valence-electron chi connectivity index (χ1n) is 7.21. The van der Waals surface area contributed by atoms with Gasteiger partial charge in [0.25, 0.3) is 5.69 Å². The highest BCUT2D eigenvalue weighted by Crippen LogP contribution is 2.32. The average molecular weight is 292 g/mol. The summed E-state index contributed by atoms with van der Waals surface area (Å²) < 4.78 is 0. The molecule has 0 amide bonds. The monoisotopic (exact) mass is 292 g/mol.